The monoisotopic (exact) mass is 321 g/mol. The molecule has 0 saturated heterocycles. The Hall–Kier alpha value is -0.590. The first-order valence-corrected chi connectivity index (χ1v) is 6.01. The molecule has 0 aromatic carbocycles. The van der Waals surface area contributed by atoms with Gasteiger partial charge in [0.25, 0.3) is 5.56 Å². The lowest BCUT2D eigenvalue weighted by Gasteiger charge is -2.23. The summed E-state index contributed by atoms with van der Waals surface area (Å²) in [6, 6.07) is 0. The Morgan fingerprint density at radius 2 is 2.27 bits per heavy atom. The van der Waals surface area contributed by atoms with Crippen LogP contribution in [0.25, 0.3) is 0 Å². The number of aromatic amines is 1. The molecular formula is C10H16IN3O. The summed E-state index contributed by atoms with van der Waals surface area (Å²) in [4.78, 5) is 17.9. The van der Waals surface area contributed by atoms with Crippen LogP contribution in [0.5, 0.6) is 0 Å². The van der Waals surface area contributed by atoms with Crippen LogP contribution in [0, 0.1) is 8.99 Å². The fraction of sp³-hybridized carbons (Fsp3) is 0.600. The Kier molecular flexibility index (Phi) is 4.12. The Labute approximate surface area is 103 Å². The van der Waals surface area contributed by atoms with Gasteiger partial charge in [-0.15, -0.1) is 0 Å². The van der Waals surface area contributed by atoms with Crippen molar-refractivity contribution in [3.05, 3.63) is 20.3 Å². The first-order chi connectivity index (χ1) is 6.96. The zero-order valence-corrected chi connectivity index (χ0v) is 11.4. The molecular weight excluding hydrogens is 305 g/mol. The molecule has 2 N–H and O–H groups in total. The molecule has 0 aliphatic heterocycles. The number of nitrogens with zero attached hydrogens (tertiary/aromatic N) is 1. The van der Waals surface area contributed by atoms with Crippen LogP contribution in [0.2, 0.25) is 0 Å². The van der Waals surface area contributed by atoms with Crippen molar-refractivity contribution in [3.8, 4) is 0 Å². The van der Waals surface area contributed by atoms with Crippen molar-refractivity contribution in [1.82, 2.24) is 9.97 Å². The van der Waals surface area contributed by atoms with Gasteiger partial charge >= 0.3 is 0 Å². The number of hydrogen-bond donors (Lipinski definition) is 2. The van der Waals surface area contributed by atoms with Gasteiger partial charge in [0.05, 0.1) is 6.33 Å². The quantitative estimate of drug-likeness (QED) is 0.836. The predicted molar refractivity (Wildman–Crippen MR) is 70.1 cm³/mol. The molecule has 15 heavy (non-hydrogen) atoms. The number of aromatic nitrogens is 2. The largest absolute Gasteiger partial charge is 0.368 e. The molecule has 0 bridgehead atoms. The third-order valence-electron chi connectivity index (χ3n) is 2.49. The van der Waals surface area contributed by atoms with E-state index in [1.165, 1.54) is 6.33 Å². The summed E-state index contributed by atoms with van der Waals surface area (Å²) in [6.07, 6.45) is 2.51. The second kappa shape index (κ2) is 4.96. The van der Waals surface area contributed by atoms with E-state index in [1.807, 2.05) is 22.6 Å². The van der Waals surface area contributed by atoms with Crippen molar-refractivity contribution >= 4 is 28.4 Å². The van der Waals surface area contributed by atoms with Gasteiger partial charge in [-0.25, -0.2) is 4.98 Å². The van der Waals surface area contributed by atoms with Gasteiger partial charge in [0, 0.05) is 6.54 Å². The molecule has 1 heterocycles. The van der Waals surface area contributed by atoms with Crippen LogP contribution in [0.4, 0.5) is 5.82 Å². The van der Waals surface area contributed by atoms with E-state index in [9.17, 15) is 4.79 Å². The molecule has 4 nitrogen and oxygen atoms in total. The maximum absolute atomic E-state index is 11.3. The van der Waals surface area contributed by atoms with E-state index in [2.05, 4.69) is 36.1 Å². The maximum Gasteiger partial charge on any atom is 0.266 e. The van der Waals surface area contributed by atoms with Crippen molar-refractivity contribution in [2.45, 2.75) is 27.2 Å². The number of H-pyrrole nitrogens is 1. The Morgan fingerprint density at radius 1 is 1.60 bits per heavy atom. The average Bonchev–Trinajstić information content (AvgIpc) is 2.20. The van der Waals surface area contributed by atoms with E-state index in [-0.39, 0.29) is 11.0 Å². The van der Waals surface area contributed by atoms with Crippen molar-refractivity contribution in [1.29, 1.82) is 0 Å². The topological polar surface area (TPSA) is 57.8 Å². The summed E-state index contributed by atoms with van der Waals surface area (Å²) in [7, 11) is 0. The molecule has 0 radical (unpaired) electrons. The van der Waals surface area contributed by atoms with Gasteiger partial charge in [0.15, 0.2) is 0 Å². The molecule has 0 amide bonds. The minimum Gasteiger partial charge on any atom is -0.368 e. The van der Waals surface area contributed by atoms with Crippen molar-refractivity contribution in [2.24, 2.45) is 5.41 Å². The van der Waals surface area contributed by atoms with Crippen molar-refractivity contribution < 1.29 is 0 Å². The Morgan fingerprint density at radius 3 is 2.87 bits per heavy atom. The SMILES string of the molecule is CCC(C)(C)CNc1nc[nH]c(=O)c1I. The highest BCUT2D eigenvalue weighted by atomic mass is 127. The van der Waals surface area contributed by atoms with Gasteiger partial charge in [-0.2, -0.15) is 0 Å². The van der Waals surface area contributed by atoms with Crippen LogP contribution in [-0.2, 0) is 0 Å². The van der Waals surface area contributed by atoms with Gasteiger partial charge < -0.3 is 10.3 Å². The second-order valence-electron chi connectivity index (χ2n) is 4.27. The third kappa shape index (κ3) is 3.48. The maximum atomic E-state index is 11.3. The molecule has 1 rings (SSSR count). The molecule has 0 spiro atoms. The summed E-state index contributed by atoms with van der Waals surface area (Å²) in [5.74, 6) is 0.667. The van der Waals surface area contributed by atoms with E-state index in [4.69, 9.17) is 0 Å². The normalized spacial score (nSPS) is 11.5. The van der Waals surface area contributed by atoms with Crippen LogP contribution in [0.15, 0.2) is 11.1 Å². The summed E-state index contributed by atoms with van der Waals surface area (Å²) in [5, 5.41) is 3.21. The fourth-order valence-electron chi connectivity index (χ4n) is 0.954. The van der Waals surface area contributed by atoms with Crippen LogP contribution in [0.1, 0.15) is 27.2 Å². The Bertz CT molecular complexity index is 386. The molecule has 0 saturated carbocycles. The molecule has 0 unspecified atom stereocenters. The van der Waals surface area contributed by atoms with Gasteiger partial charge in [0.1, 0.15) is 9.39 Å². The van der Waals surface area contributed by atoms with E-state index >= 15 is 0 Å². The highest BCUT2D eigenvalue weighted by Crippen LogP contribution is 2.20. The van der Waals surface area contributed by atoms with Crippen LogP contribution >= 0.6 is 22.6 Å². The smallest absolute Gasteiger partial charge is 0.266 e. The lowest BCUT2D eigenvalue weighted by atomic mass is 9.90. The van der Waals surface area contributed by atoms with Gasteiger partial charge in [-0.3, -0.25) is 4.79 Å². The van der Waals surface area contributed by atoms with E-state index < -0.39 is 0 Å². The number of rotatable bonds is 4. The first kappa shape index (κ1) is 12.5. The lowest BCUT2D eigenvalue weighted by Crippen LogP contribution is -2.24. The zero-order chi connectivity index (χ0) is 11.5. The van der Waals surface area contributed by atoms with Gasteiger partial charge in [0.2, 0.25) is 0 Å². The number of halogens is 1. The third-order valence-corrected chi connectivity index (χ3v) is 3.49. The molecule has 5 heteroatoms. The minimum atomic E-state index is -0.0950. The molecule has 0 fully saturated rings. The average molecular weight is 321 g/mol. The van der Waals surface area contributed by atoms with Crippen molar-refractivity contribution in [3.63, 3.8) is 0 Å². The molecule has 1 aromatic heterocycles. The molecule has 0 aliphatic carbocycles. The number of hydrogen-bond acceptors (Lipinski definition) is 3. The van der Waals surface area contributed by atoms with Crippen LogP contribution in [-0.4, -0.2) is 16.5 Å². The predicted octanol–water partition coefficient (Wildman–Crippen LogP) is 2.22. The summed E-state index contributed by atoms with van der Waals surface area (Å²) in [6.45, 7) is 7.33. The van der Waals surface area contributed by atoms with Crippen molar-refractivity contribution in [2.75, 3.05) is 11.9 Å². The first-order valence-electron chi connectivity index (χ1n) is 4.93. The summed E-state index contributed by atoms with van der Waals surface area (Å²) >= 11 is 2.00. The number of nitrogens with one attached hydrogen (secondary N) is 2. The second-order valence-corrected chi connectivity index (χ2v) is 5.34. The van der Waals surface area contributed by atoms with Crippen LogP contribution < -0.4 is 10.9 Å². The highest BCUT2D eigenvalue weighted by molar-refractivity contribution is 14.1. The molecule has 84 valence electrons. The van der Waals surface area contributed by atoms with E-state index in [0.29, 0.717) is 9.39 Å². The van der Waals surface area contributed by atoms with Gasteiger partial charge in [-0.1, -0.05) is 20.8 Å². The standard InChI is InChI=1S/C10H16IN3O/c1-4-10(2,3)5-12-8-7(11)9(15)14-6-13-8/h6H,4-5H2,1-3H3,(H2,12,13,14,15). The molecule has 1 aromatic rings. The molecule has 0 aliphatic rings. The number of anilines is 1. The summed E-state index contributed by atoms with van der Waals surface area (Å²) < 4.78 is 0.613. The minimum absolute atomic E-state index is 0.0950. The summed E-state index contributed by atoms with van der Waals surface area (Å²) in [5.41, 5.74) is 0.121. The lowest BCUT2D eigenvalue weighted by molar-refractivity contribution is 0.376. The fourth-order valence-corrected chi connectivity index (χ4v) is 1.44. The van der Waals surface area contributed by atoms with Gasteiger partial charge in [-0.05, 0) is 34.4 Å². The van der Waals surface area contributed by atoms with Crippen LogP contribution in [0.3, 0.4) is 0 Å². The molecule has 0 atom stereocenters. The Balaban J connectivity index is 2.74. The van der Waals surface area contributed by atoms with E-state index in [0.717, 1.165) is 13.0 Å². The van der Waals surface area contributed by atoms with E-state index in [1.54, 1.807) is 0 Å². The highest BCUT2D eigenvalue weighted by Gasteiger charge is 2.15. The zero-order valence-electron chi connectivity index (χ0n) is 9.22.